The van der Waals surface area contributed by atoms with Gasteiger partial charge in [-0.2, -0.15) is 0 Å². The number of carbonyl (C=O) groups is 1. The number of rotatable bonds is 7. The van der Waals surface area contributed by atoms with Crippen LogP contribution in [0.25, 0.3) is 11.0 Å². The number of para-hydroxylation sites is 2. The summed E-state index contributed by atoms with van der Waals surface area (Å²) in [6.45, 7) is 3.10. The van der Waals surface area contributed by atoms with Crippen LogP contribution in [0.15, 0.2) is 59.4 Å². The summed E-state index contributed by atoms with van der Waals surface area (Å²) in [5, 5.41) is 3.12. The number of likely N-dealkylation sites (tertiary alicyclic amines) is 1. The van der Waals surface area contributed by atoms with Gasteiger partial charge in [0.2, 0.25) is 5.91 Å². The maximum atomic E-state index is 12.6. The molecule has 0 bridgehead atoms. The largest absolute Gasteiger partial charge is 0.354 e. The van der Waals surface area contributed by atoms with Gasteiger partial charge in [0, 0.05) is 19.5 Å². The molecule has 0 radical (unpaired) electrons. The first-order valence-electron chi connectivity index (χ1n) is 11.0. The first-order chi connectivity index (χ1) is 14.7. The molecule has 1 aliphatic heterocycles. The molecule has 1 atom stereocenters. The molecule has 1 saturated heterocycles. The van der Waals surface area contributed by atoms with Crippen molar-refractivity contribution in [3.8, 4) is 0 Å². The molecular formula is C24H30N4O2. The van der Waals surface area contributed by atoms with Gasteiger partial charge in [-0.05, 0) is 43.6 Å². The predicted molar refractivity (Wildman–Crippen MR) is 119 cm³/mol. The third-order valence-electron chi connectivity index (χ3n) is 6.00. The zero-order chi connectivity index (χ0) is 20.8. The van der Waals surface area contributed by atoms with Gasteiger partial charge in [0.05, 0.1) is 17.1 Å². The molecule has 3 aromatic rings. The fraction of sp³-hybridized carbons (Fsp3) is 0.417. The minimum atomic E-state index is -0.171. The van der Waals surface area contributed by atoms with E-state index in [-0.39, 0.29) is 24.1 Å². The van der Waals surface area contributed by atoms with E-state index in [2.05, 4.69) is 39.5 Å². The lowest BCUT2D eigenvalue weighted by molar-refractivity contribution is -0.121. The Hall–Kier alpha value is -2.86. The molecular weight excluding hydrogens is 376 g/mol. The Morgan fingerprint density at radius 3 is 2.43 bits per heavy atom. The summed E-state index contributed by atoms with van der Waals surface area (Å²) in [5.74, 6) is -0.0251. The van der Waals surface area contributed by atoms with Crippen molar-refractivity contribution >= 4 is 16.9 Å². The summed E-state index contributed by atoms with van der Waals surface area (Å²) < 4.78 is 1.64. The zero-order valence-corrected chi connectivity index (χ0v) is 17.3. The van der Waals surface area contributed by atoms with Gasteiger partial charge in [-0.1, -0.05) is 55.3 Å². The molecule has 0 saturated carbocycles. The average Bonchev–Trinajstić information content (AvgIpc) is 2.92. The van der Waals surface area contributed by atoms with Gasteiger partial charge in [0.1, 0.15) is 0 Å². The standard InChI is InChI=1S/C24H30N4O2/c29-23(14-17-28-21-13-7-6-12-20(21)26-24(28)30)25-18-22(19-10-4-3-5-11-19)27-15-8-1-2-9-16-27/h3-7,10-13,22H,1-2,8-9,14-18H2,(H,25,29)(H,26,30). The highest BCUT2D eigenvalue weighted by Crippen LogP contribution is 2.23. The van der Waals surface area contributed by atoms with Crippen LogP contribution in [0, 0.1) is 0 Å². The highest BCUT2D eigenvalue weighted by molar-refractivity contribution is 5.77. The lowest BCUT2D eigenvalue weighted by atomic mass is 10.0. The number of aromatic nitrogens is 2. The highest BCUT2D eigenvalue weighted by atomic mass is 16.2. The Morgan fingerprint density at radius 1 is 0.967 bits per heavy atom. The molecule has 4 rings (SSSR count). The molecule has 1 aromatic heterocycles. The van der Waals surface area contributed by atoms with E-state index in [0.29, 0.717) is 13.1 Å². The summed E-state index contributed by atoms with van der Waals surface area (Å²) >= 11 is 0. The number of hydrogen-bond donors (Lipinski definition) is 2. The van der Waals surface area contributed by atoms with E-state index in [1.807, 2.05) is 30.3 Å². The molecule has 0 spiro atoms. The van der Waals surface area contributed by atoms with E-state index in [0.717, 1.165) is 24.1 Å². The second-order valence-electron chi connectivity index (χ2n) is 8.03. The Kier molecular flexibility index (Phi) is 6.64. The van der Waals surface area contributed by atoms with Gasteiger partial charge in [-0.3, -0.25) is 14.3 Å². The van der Waals surface area contributed by atoms with Gasteiger partial charge < -0.3 is 10.3 Å². The summed E-state index contributed by atoms with van der Waals surface area (Å²) in [7, 11) is 0. The Labute approximate surface area is 176 Å². The number of carbonyl (C=O) groups excluding carboxylic acids is 1. The van der Waals surface area contributed by atoms with E-state index >= 15 is 0 Å². The van der Waals surface area contributed by atoms with Gasteiger partial charge >= 0.3 is 5.69 Å². The number of benzene rings is 2. The van der Waals surface area contributed by atoms with Crippen LogP contribution < -0.4 is 11.0 Å². The molecule has 1 unspecified atom stereocenters. The maximum Gasteiger partial charge on any atom is 0.326 e. The fourth-order valence-electron chi connectivity index (χ4n) is 4.38. The summed E-state index contributed by atoms with van der Waals surface area (Å²) in [6, 6.07) is 18.2. The third kappa shape index (κ3) is 4.82. The smallest absolute Gasteiger partial charge is 0.326 e. The predicted octanol–water partition coefficient (Wildman–Crippen LogP) is 3.45. The molecule has 30 heavy (non-hydrogen) atoms. The second kappa shape index (κ2) is 9.76. The van der Waals surface area contributed by atoms with E-state index in [1.165, 1.54) is 31.2 Å². The number of nitrogens with one attached hydrogen (secondary N) is 2. The lowest BCUT2D eigenvalue weighted by Gasteiger charge is -2.31. The normalized spacial score (nSPS) is 16.3. The van der Waals surface area contributed by atoms with Gasteiger partial charge in [-0.25, -0.2) is 4.79 Å². The van der Waals surface area contributed by atoms with Crippen LogP contribution in [0.2, 0.25) is 0 Å². The minimum absolute atomic E-state index is 0.0251. The van der Waals surface area contributed by atoms with Crippen molar-refractivity contribution < 1.29 is 4.79 Å². The molecule has 6 heteroatoms. The molecule has 6 nitrogen and oxygen atoms in total. The number of aromatic amines is 1. The first kappa shape index (κ1) is 20.4. The van der Waals surface area contributed by atoms with Crippen molar-refractivity contribution in [3.63, 3.8) is 0 Å². The van der Waals surface area contributed by atoms with E-state index in [9.17, 15) is 9.59 Å². The fourth-order valence-corrected chi connectivity index (χ4v) is 4.38. The van der Waals surface area contributed by atoms with Crippen LogP contribution in [0.3, 0.4) is 0 Å². The van der Waals surface area contributed by atoms with Crippen molar-refractivity contribution in [2.24, 2.45) is 0 Å². The van der Waals surface area contributed by atoms with Gasteiger partial charge in [-0.15, -0.1) is 0 Å². The van der Waals surface area contributed by atoms with Crippen LogP contribution in [-0.4, -0.2) is 40.0 Å². The van der Waals surface area contributed by atoms with E-state index in [4.69, 9.17) is 0 Å². The number of imidazole rings is 1. The van der Waals surface area contributed by atoms with E-state index in [1.54, 1.807) is 4.57 Å². The summed E-state index contributed by atoms with van der Waals surface area (Å²) in [4.78, 5) is 30.2. The number of fused-ring (bicyclic) bond motifs is 1. The third-order valence-corrected chi connectivity index (χ3v) is 6.00. The van der Waals surface area contributed by atoms with Gasteiger partial charge in [0.15, 0.2) is 0 Å². The zero-order valence-electron chi connectivity index (χ0n) is 17.3. The number of aryl methyl sites for hydroxylation is 1. The van der Waals surface area contributed by atoms with Crippen molar-refractivity contribution in [2.75, 3.05) is 19.6 Å². The number of hydrogen-bond acceptors (Lipinski definition) is 3. The summed E-state index contributed by atoms with van der Waals surface area (Å²) in [6.07, 6.45) is 5.26. The second-order valence-corrected chi connectivity index (χ2v) is 8.03. The van der Waals surface area contributed by atoms with E-state index < -0.39 is 0 Å². The van der Waals surface area contributed by atoms with Crippen LogP contribution in [0.1, 0.15) is 43.7 Å². The van der Waals surface area contributed by atoms with Gasteiger partial charge in [0.25, 0.3) is 0 Å². The molecule has 1 amide bonds. The lowest BCUT2D eigenvalue weighted by Crippen LogP contribution is -2.39. The Morgan fingerprint density at radius 2 is 1.67 bits per heavy atom. The quantitative estimate of drug-likeness (QED) is 0.631. The SMILES string of the molecule is O=C(CCn1c(=O)[nH]c2ccccc21)NCC(c1ccccc1)N1CCCCCC1. The molecule has 1 fully saturated rings. The number of nitrogens with zero attached hydrogens (tertiary/aromatic N) is 2. The molecule has 1 aliphatic rings. The van der Waals surface area contributed by atoms with Crippen molar-refractivity contribution in [1.82, 2.24) is 19.8 Å². The molecule has 2 N–H and O–H groups in total. The molecule has 2 aromatic carbocycles. The van der Waals surface area contributed by atoms with Crippen LogP contribution >= 0.6 is 0 Å². The average molecular weight is 407 g/mol. The van der Waals surface area contributed by atoms with Crippen molar-refractivity contribution in [1.29, 1.82) is 0 Å². The summed E-state index contributed by atoms with van der Waals surface area (Å²) in [5.41, 5.74) is 2.71. The Bertz CT molecular complexity index is 1020. The minimum Gasteiger partial charge on any atom is -0.354 e. The molecule has 0 aliphatic carbocycles. The topological polar surface area (TPSA) is 70.1 Å². The molecule has 2 heterocycles. The maximum absolute atomic E-state index is 12.6. The van der Waals surface area contributed by atoms with Crippen LogP contribution in [0.4, 0.5) is 0 Å². The number of H-pyrrole nitrogens is 1. The first-order valence-corrected chi connectivity index (χ1v) is 11.0. The van der Waals surface area contributed by atoms with Crippen molar-refractivity contribution in [3.05, 3.63) is 70.6 Å². The van der Waals surface area contributed by atoms with Crippen molar-refractivity contribution in [2.45, 2.75) is 44.7 Å². The monoisotopic (exact) mass is 406 g/mol. The van der Waals surface area contributed by atoms with Crippen LogP contribution in [-0.2, 0) is 11.3 Å². The Balaban J connectivity index is 1.39. The van der Waals surface area contributed by atoms with Crippen LogP contribution in [0.5, 0.6) is 0 Å². The number of amides is 1. The molecule has 158 valence electrons. The highest BCUT2D eigenvalue weighted by Gasteiger charge is 2.22.